The molecule has 0 amide bonds. The number of aromatic hydroxyl groups is 4. The third-order valence-corrected chi connectivity index (χ3v) is 14.1. The standard InChI is InChI=1S/C50H55N7O9/c1-5-15-50(38-23-41-44-36(25-56(41)46(61)37(38)26-65-47(50)62)32(6-2)34-21-31(58)8-9-39(34)51-44)66-49(64)55-17-12-28(13-18-55)11-16-54-19-14-29-20-30(7-10-40(29)54)57-45(52-53-48(57)63)35-22-33(27(3)4)42(59)24-43(35)60/h7-10,14,19-24,27-28,47,49,58-60,62,64H,5-6,11-13,15-18,25-26H2,1-4H3,(H,53,63)/t47?,49?,50-/m0/s1. The SMILES string of the molecule is CCC[C@]1(OC(O)N2CCC(CCn3ccc4cc(-n5c(O)nnc5-c5cc(C(C)C)c(O)cc5O)ccc43)CC2)c2cc3n(c(=O)c2COC1O)Cc1c-3nc2ccc(O)cc2c1CC. The maximum Gasteiger partial charge on any atom is 0.319 e. The Hall–Kier alpha value is -6.30. The van der Waals surface area contributed by atoms with Crippen molar-refractivity contribution in [1.29, 1.82) is 0 Å². The van der Waals surface area contributed by atoms with Crippen LogP contribution < -0.4 is 5.56 Å². The number of benzene rings is 3. The second-order valence-corrected chi connectivity index (χ2v) is 18.3. The van der Waals surface area contributed by atoms with Gasteiger partial charge < -0.3 is 49.2 Å². The van der Waals surface area contributed by atoms with Gasteiger partial charge in [0.2, 0.25) is 6.41 Å². The van der Waals surface area contributed by atoms with Crippen LogP contribution in [0, 0.1) is 5.92 Å². The van der Waals surface area contributed by atoms with E-state index in [0.717, 1.165) is 53.2 Å². The first-order chi connectivity index (χ1) is 31.8. The number of ether oxygens (including phenoxy) is 2. The summed E-state index contributed by atoms with van der Waals surface area (Å²) in [6, 6.07) is 17.5. The number of pyridine rings is 2. The number of rotatable bonds is 12. The molecule has 1 saturated heterocycles. The number of piperidine rings is 1. The Balaban J connectivity index is 0.838. The molecule has 3 aliphatic heterocycles. The molecule has 0 radical (unpaired) electrons. The quantitative estimate of drug-likeness (QED) is 0.0678. The van der Waals surface area contributed by atoms with E-state index >= 15 is 0 Å². The summed E-state index contributed by atoms with van der Waals surface area (Å²) in [5, 5.41) is 75.6. The van der Waals surface area contributed by atoms with Crippen LogP contribution in [0.1, 0.15) is 93.5 Å². The van der Waals surface area contributed by atoms with Crippen LogP contribution in [0.4, 0.5) is 0 Å². The highest BCUT2D eigenvalue weighted by Gasteiger charge is 2.50. The Labute approximate surface area is 380 Å². The first-order valence-electron chi connectivity index (χ1n) is 22.9. The van der Waals surface area contributed by atoms with E-state index in [4.69, 9.17) is 14.5 Å². The van der Waals surface area contributed by atoms with Crippen molar-refractivity contribution in [1.82, 2.24) is 33.8 Å². The van der Waals surface area contributed by atoms with Crippen LogP contribution in [-0.2, 0) is 41.2 Å². The number of hydrogen-bond donors (Lipinski definition) is 6. The van der Waals surface area contributed by atoms with Crippen LogP contribution in [0.2, 0.25) is 0 Å². The highest BCUT2D eigenvalue weighted by atomic mass is 16.7. The molecular formula is C50H55N7O9. The molecule has 16 nitrogen and oxygen atoms in total. The molecule has 0 bridgehead atoms. The number of aryl methyl sites for hydroxylation is 2. The summed E-state index contributed by atoms with van der Waals surface area (Å²) < 4.78 is 17.9. The minimum atomic E-state index is -1.51. The fraction of sp³-hybridized carbons (Fsp3) is 0.400. The molecule has 6 N–H and O–H groups in total. The average molecular weight is 898 g/mol. The van der Waals surface area contributed by atoms with E-state index in [-0.39, 0.29) is 47.2 Å². The summed E-state index contributed by atoms with van der Waals surface area (Å²) >= 11 is 0. The van der Waals surface area contributed by atoms with E-state index in [1.807, 2.05) is 69.1 Å². The van der Waals surface area contributed by atoms with Crippen molar-refractivity contribution in [3.63, 3.8) is 0 Å². The number of likely N-dealkylation sites (tertiary alicyclic amines) is 1. The Morgan fingerprint density at radius 1 is 0.939 bits per heavy atom. The highest BCUT2D eigenvalue weighted by molar-refractivity contribution is 5.89. The predicted molar refractivity (Wildman–Crippen MR) is 246 cm³/mol. The fourth-order valence-corrected chi connectivity index (χ4v) is 10.6. The molecule has 7 heterocycles. The molecule has 16 heteroatoms. The number of fused-ring (bicyclic) bond motifs is 6. The van der Waals surface area contributed by atoms with Crippen LogP contribution in [0.15, 0.2) is 71.7 Å². The van der Waals surface area contributed by atoms with E-state index in [1.54, 1.807) is 28.8 Å². The minimum Gasteiger partial charge on any atom is -0.508 e. The zero-order chi connectivity index (χ0) is 46.2. The lowest BCUT2D eigenvalue weighted by molar-refractivity contribution is -0.331. The van der Waals surface area contributed by atoms with E-state index in [1.165, 1.54) is 10.6 Å². The molecular weight excluding hydrogens is 843 g/mol. The number of aliphatic hydroxyl groups excluding tert-OH is 2. The molecule has 4 aromatic heterocycles. The lowest BCUT2D eigenvalue weighted by Crippen LogP contribution is -2.54. The molecule has 344 valence electrons. The first-order valence-corrected chi connectivity index (χ1v) is 22.9. The van der Waals surface area contributed by atoms with Gasteiger partial charge in [-0.3, -0.25) is 9.69 Å². The van der Waals surface area contributed by atoms with Crippen molar-refractivity contribution in [2.45, 2.75) is 110 Å². The monoisotopic (exact) mass is 897 g/mol. The third-order valence-electron chi connectivity index (χ3n) is 14.1. The maximum atomic E-state index is 14.3. The van der Waals surface area contributed by atoms with Gasteiger partial charge in [0.15, 0.2) is 12.1 Å². The Bertz CT molecular complexity index is 3080. The number of hydrogen-bond acceptors (Lipinski definition) is 13. The molecule has 3 aliphatic rings. The molecule has 3 aromatic carbocycles. The fourth-order valence-electron chi connectivity index (χ4n) is 10.6. The summed E-state index contributed by atoms with van der Waals surface area (Å²) in [4.78, 5) is 21.2. The summed E-state index contributed by atoms with van der Waals surface area (Å²) in [7, 11) is 0. The van der Waals surface area contributed by atoms with Gasteiger partial charge in [-0.05, 0) is 110 Å². The van der Waals surface area contributed by atoms with Crippen molar-refractivity contribution in [2.24, 2.45) is 5.92 Å². The average Bonchev–Trinajstić information content (AvgIpc) is 4.01. The third kappa shape index (κ3) is 7.18. The Morgan fingerprint density at radius 3 is 2.50 bits per heavy atom. The maximum absolute atomic E-state index is 14.3. The molecule has 1 fully saturated rings. The van der Waals surface area contributed by atoms with Crippen LogP contribution in [0.3, 0.4) is 0 Å². The summed E-state index contributed by atoms with van der Waals surface area (Å²) in [5.41, 5.74) is 5.71. The van der Waals surface area contributed by atoms with E-state index in [9.17, 15) is 35.4 Å². The number of aliphatic hydroxyl groups is 2. The summed E-state index contributed by atoms with van der Waals surface area (Å²) in [6.07, 6.45) is 3.36. The van der Waals surface area contributed by atoms with E-state index in [0.29, 0.717) is 89.7 Å². The van der Waals surface area contributed by atoms with E-state index < -0.39 is 18.3 Å². The van der Waals surface area contributed by atoms with Gasteiger partial charge in [0.25, 0.3) is 5.56 Å². The lowest BCUT2D eigenvalue weighted by Gasteiger charge is -2.45. The largest absolute Gasteiger partial charge is 0.508 e. The first kappa shape index (κ1) is 43.6. The highest BCUT2D eigenvalue weighted by Crippen LogP contribution is 2.46. The Kier molecular flexibility index (Phi) is 11.1. The van der Waals surface area contributed by atoms with Crippen molar-refractivity contribution in [3.05, 3.63) is 105 Å². The van der Waals surface area contributed by atoms with Crippen LogP contribution in [0.25, 0.3) is 50.3 Å². The number of nitrogens with zero attached hydrogens (tertiary/aromatic N) is 7. The van der Waals surface area contributed by atoms with Crippen molar-refractivity contribution < 1.29 is 40.1 Å². The zero-order valence-corrected chi connectivity index (χ0v) is 37.5. The van der Waals surface area contributed by atoms with Crippen molar-refractivity contribution >= 4 is 21.8 Å². The van der Waals surface area contributed by atoms with Crippen LogP contribution in [-0.4, -0.2) is 90.2 Å². The van der Waals surface area contributed by atoms with Gasteiger partial charge in [-0.25, -0.2) is 9.55 Å². The summed E-state index contributed by atoms with van der Waals surface area (Å²) in [6.45, 7) is 10.0. The van der Waals surface area contributed by atoms with Gasteiger partial charge in [-0.1, -0.05) is 39.2 Å². The number of aromatic nitrogens is 6. The van der Waals surface area contributed by atoms with Crippen LogP contribution in [0.5, 0.6) is 23.3 Å². The van der Waals surface area contributed by atoms with Crippen molar-refractivity contribution in [3.8, 4) is 51.7 Å². The Morgan fingerprint density at radius 2 is 1.74 bits per heavy atom. The topological polar surface area (TPSA) is 214 Å². The molecule has 0 spiro atoms. The summed E-state index contributed by atoms with van der Waals surface area (Å²) in [5.74, 6) is 0.566. The predicted octanol–water partition coefficient (Wildman–Crippen LogP) is 7.07. The van der Waals surface area contributed by atoms with Crippen LogP contribution >= 0.6 is 0 Å². The molecule has 66 heavy (non-hydrogen) atoms. The van der Waals surface area contributed by atoms with Crippen molar-refractivity contribution in [2.75, 3.05) is 13.1 Å². The second-order valence-electron chi connectivity index (χ2n) is 18.3. The minimum absolute atomic E-state index is 0.0167. The van der Waals surface area contributed by atoms with Gasteiger partial charge in [0, 0.05) is 64.9 Å². The normalized spacial score (nSPS) is 19.2. The van der Waals surface area contributed by atoms with Gasteiger partial charge in [-0.15, -0.1) is 5.10 Å². The molecule has 10 rings (SSSR count). The molecule has 2 unspecified atom stereocenters. The molecule has 7 aromatic rings. The van der Waals surface area contributed by atoms with Gasteiger partial charge >= 0.3 is 6.01 Å². The van der Waals surface area contributed by atoms with E-state index in [2.05, 4.69) is 14.8 Å². The van der Waals surface area contributed by atoms with Gasteiger partial charge in [0.05, 0.1) is 41.3 Å². The molecule has 3 atom stereocenters. The zero-order valence-electron chi connectivity index (χ0n) is 37.5. The molecule has 0 saturated carbocycles. The van der Waals surface area contributed by atoms with Gasteiger partial charge in [0.1, 0.15) is 22.8 Å². The number of phenolic OH excluding ortho intramolecular Hbond substituents is 3. The smallest absolute Gasteiger partial charge is 0.319 e. The van der Waals surface area contributed by atoms with Gasteiger partial charge in [-0.2, -0.15) is 0 Å². The second kappa shape index (κ2) is 16.8. The lowest BCUT2D eigenvalue weighted by atomic mass is 9.83. The number of phenols is 3. The molecule has 0 aliphatic carbocycles.